The number of rotatable bonds is 2. The summed E-state index contributed by atoms with van der Waals surface area (Å²) < 4.78 is 5.14. The highest BCUT2D eigenvalue weighted by molar-refractivity contribution is 4.68. The summed E-state index contributed by atoms with van der Waals surface area (Å²) in [7, 11) is 0. The van der Waals surface area contributed by atoms with E-state index in [2.05, 4.69) is 10.2 Å². The third-order valence-corrected chi connectivity index (χ3v) is 1.30. The Morgan fingerprint density at radius 1 is 1.78 bits per heavy atom. The highest BCUT2D eigenvalue weighted by Gasteiger charge is 2.11. The van der Waals surface area contributed by atoms with Crippen LogP contribution in [-0.4, -0.2) is 32.4 Å². The smallest absolute Gasteiger partial charge is 0.0855 e. The summed E-state index contributed by atoms with van der Waals surface area (Å²) in [6, 6.07) is 0.281. The fourth-order valence-corrected chi connectivity index (χ4v) is 0.843. The zero-order valence-electron chi connectivity index (χ0n) is 5.30. The molecule has 1 fully saturated rings. The third kappa shape index (κ3) is 2.28. The normalized spacial score (nSPS) is 28.3. The van der Waals surface area contributed by atoms with Crippen LogP contribution in [0.5, 0.6) is 0 Å². The Hall–Kier alpha value is -0.160. The lowest BCUT2D eigenvalue weighted by molar-refractivity contribution is 0.0290. The second-order valence-electron chi connectivity index (χ2n) is 2.06. The van der Waals surface area contributed by atoms with Crippen LogP contribution >= 0.6 is 0 Å². The van der Waals surface area contributed by atoms with Gasteiger partial charge >= 0.3 is 0 Å². The van der Waals surface area contributed by atoms with Crippen molar-refractivity contribution >= 4 is 0 Å². The van der Waals surface area contributed by atoms with Gasteiger partial charge in [0.2, 0.25) is 0 Å². The molecule has 4 nitrogen and oxygen atoms in total. The summed E-state index contributed by atoms with van der Waals surface area (Å²) >= 11 is 0. The van der Waals surface area contributed by atoms with Gasteiger partial charge in [-0.1, -0.05) is 0 Å². The largest absolute Gasteiger partial charge is 0.378 e. The van der Waals surface area contributed by atoms with Gasteiger partial charge in [0, 0.05) is 6.54 Å². The molecule has 1 atom stereocenters. The topological polar surface area (TPSA) is 56.5 Å². The quantitative estimate of drug-likeness (QED) is 0.466. The Morgan fingerprint density at radius 3 is 3.22 bits per heavy atom. The fourth-order valence-electron chi connectivity index (χ4n) is 0.843. The Labute approximate surface area is 54.3 Å². The van der Waals surface area contributed by atoms with Crippen LogP contribution in [-0.2, 0) is 9.57 Å². The number of morpholine rings is 1. The second kappa shape index (κ2) is 3.79. The molecule has 0 aromatic heterocycles. The van der Waals surface area contributed by atoms with Crippen molar-refractivity contribution < 1.29 is 9.57 Å². The molecule has 1 rings (SSSR count). The van der Waals surface area contributed by atoms with E-state index in [9.17, 15) is 0 Å². The average molecular weight is 132 g/mol. The predicted octanol–water partition coefficient (Wildman–Crippen LogP) is -1.13. The molecule has 1 heterocycles. The molecule has 1 aliphatic rings. The molecular weight excluding hydrogens is 120 g/mol. The minimum atomic E-state index is 0.281. The number of hydrogen-bond acceptors (Lipinski definition) is 4. The molecule has 0 aromatic rings. The highest BCUT2D eigenvalue weighted by atomic mass is 16.6. The molecule has 3 N–H and O–H groups in total. The summed E-state index contributed by atoms with van der Waals surface area (Å²) in [4.78, 5) is 4.44. The summed E-state index contributed by atoms with van der Waals surface area (Å²) in [5.41, 5.74) is 0. The van der Waals surface area contributed by atoms with Gasteiger partial charge in [-0.3, -0.25) is 0 Å². The van der Waals surface area contributed by atoms with Crippen molar-refractivity contribution in [3.05, 3.63) is 0 Å². The van der Waals surface area contributed by atoms with Gasteiger partial charge in [0.15, 0.2) is 0 Å². The van der Waals surface area contributed by atoms with Gasteiger partial charge in [-0.2, -0.15) is 0 Å². The lowest BCUT2D eigenvalue weighted by Crippen LogP contribution is -2.44. The molecule has 0 aromatic carbocycles. The molecule has 1 saturated heterocycles. The van der Waals surface area contributed by atoms with Crippen molar-refractivity contribution in [2.24, 2.45) is 5.90 Å². The van der Waals surface area contributed by atoms with Gasteiger partial charge in [0.25, 0.3) is 0 Å². The lowest BCUT2D eigenvalue weighted by Gasteiger charge is -2.22. The Bertz CT molecular complexity index is 70.6. The van der Waals surface area contributed by atoms with E-state index in [0.29, 0.717) is 13.2 Å². The first-order valence-corrected chi connectivity index (χ1v) is 3.06. The summed E-state index contributed by atoms with van der Waals surface area (Å²) in [6.45, 7) is 2.92. The molecule has 0 aliphatic carbocycles. The first-order valence-electron chi connectivity index (χ1n) is 3.06. The van der Waals surface area contributed by atoms with E-state index in [1.807, 2.05) is 0 Å². The van der Waals surface area contributed by atoms with E-state index in [0.717, 1.165) is 13.2 Å². The van der Waals surface area contributed by atoms with Crippen LogP contribution in [0.2, 0.25) is 0 Å². The van der Waals surface area contributed by atoms with Gasteiger partial charge in [0.05, 0.1) is 25.9 Å². The zero-order valence-corrected chi connectivity index (χ0v) is 5.30. The van der Waals surface area contributed by atoms with Crippen LogP contribution in [0.1, 0.15) is 0 Å². The monoisotopic (exact) mass is 132 g/mol. The zero-order chi connectivity index (χ0) is 6.53. The van der Waals surface area contributed by atoms with Crippen molar-refractivity contribution in [1.29, 1.82) is 0 Å². The molecule has 0 bridgehead atoms. The summed E-state index contributed by atoms with van der Waals surface area (Å²) in [5, 5.41) is 3.19. The molecule has 54 valence electrons. The van der Waals surface area contributed by atoms with Crippen LogP contribution < -0.4 is 11.2 Å². The highest BCUT2D eigenvalue weighted by Crippen LogP contribution is 1.91. The van der Waals surface area contributed by atoms with E-state index >= 15 is 0 Å². The fraction of sp³-hybridized carbons (Fsp3) is 1.00. The maximum absolute atomic E-state index is 5.14. The second-order valence-corrected chi connectivity index (χ2v) is 2.06. The van der Waals surface area contributed by atoms with E-state index in [-0.39, 0.29) is 6.04 Å². The molecule has 9 heavy (non-hydrogen) atoms. The summed E-state index contributed by atoms with van der Waals surface area (Å²) in [6.07, 6.45) is 0. The van der Waals surface area contributed by atoms with E-state index < -0.39 is 0 Å². The van der Waals surface area contributed by atoms with Crippen LogP contribution in [0.25, 0.3) is 0 Å². The predicted molar refractivity (Wildman–Crippen MR) is 32.7 cm³/mol. The molecule has 0 spiro atoms. The van der Waals surface area contributed by atoms with Crippen LogP contribution in [0.15, 0.2) is 0 Å². The van der Waals surface area contributed by atoms with Crippen molar-refractivity contribution in [2.75, 3.05) is 26.4 Å². The van der Waals surface area contributed by atoms with Gasteiger partial charge in [-0.05, 0) is 0 Å². The van der Waals surface area contributed by atoms with E-state index in [1.54, 1.807) is 0 Å². The lowest BCUT2D eigenvalue weighted by atomic mass is 10.3. The molecule has 0 amide bonds. The molecule has 4 heteroatoms. The SMILES string of the molecule is NOC[C@H]1COCCN1. The molecule has 1 aliphatic heterocycles. The van der Waals surface area contributed by atoms with Crippen LogP contribution in [0, 0.1) is 0 Å². The number of ether oxygens (including phenoxy) is 1. The van der Waals surface area contributed by atoms with Crippen molar-refractivity contribution in [1.82, 2.24) is 5.32 Å². The molecule has 0 unspecified atom stereocenters. The number of nitrogens with two attached hydrogens (primary N) is 1. The van der Waals surface area contributed by atoms with E-state index in [1.165, 1.54) is 0 Å². The van der Waals surface area contributed by atoms with Crippen LogP contribution in [0.4, 0.5) is 0 Å². The minimum absolute atomic E-state index is 0.281. The molecular formula is C5H12N2O2. The minimum Gasteiger partial charge on any atom is -0.378 e. The Morgan fingerprint density at radius 2 is 2.67 bits per heavy atom. The van der Waals surface area contributed by atoms with Crippen molar-refractivity contribution in [2.45, 2.75) is 6.04 Å². The number of nitrogens with one attached hydrogen (secondary N) is 1. The first kappa shape index (κ1) is 6.95. The van der Waals surface area contributed by atoms with Gasteiger partial charge in [-0.15, -0.1) is 0 Å². The van der Waals surface area contributed by atoms with Gasteiger partial charge < -0.3 is 14.9 Å². The molecule has 0 radical (unpaired) electrons. The molecule has 0 saturated carbocycles. The number of hydrogen-bond donors (Lipinski definition) is 2. The maximum Gasteiger partial charge on any atom is 0.0855 e. The van der Waals surface area contributed by atoms with Crippen molar-refractivity contribution in [3.8, 4) is 0 Å². The van der Waals surface area contributed by atoms with Gasteiger partial charge in [-0.25, -0.2) is 5.90 Å². The van der Waals surface area contributed by atoms with Gasteiger partial charge in [0.1, 0.15) is 0 Å². The Kier molecular flexibility index (Phi) is 2.93. The van der Waals surface area contributed by atoms with E-state index in [4.69, 9.17) is 10.6 Å². The summed E-state index contributed by atoms with van der Waals surface area (Å²) in [5.74, 6) is 4.86. The standard InChI is InChI=1S/C5H12N2O2/c6-9-4-5-3-8-2-1-7-5/h5,7H,1-4,6H2/t5-/m1/s1. The van der Waals surface area contributed by atoms with Crippen molar-refractivity contribution in [3.63, 3.8) is 0 Å². The Balaban J connectivity index is 2.08. The third-order valence-electron chi connectivity index (χ3n) is 1.30. The average Bonchev–Trinajstić information content (AvgIpc) is 1.91. The van der Waals surface area contributed by atoms with Crippen LogP contribution in [0.3, 0.4) is 0 Å². The maximum atomic E-state index is 5.14. The first-order chi connectivity index (χ1) is 4.43.